The van der Waals surface area contributed by atoms with E-state index in [4.69, 9.17) is 4.74 Å². The molecule has 0 aliphatic heterocycles. The first-order chi connectivity index (χ1) is 17.6. The van der Waals surface area contributed by atoms with E-state index >= 15 is 0 Å². The lowest BCUT2D eigenvalue weighted by atomic mass is 10.0. The third-order valence-corrected chi connectivity index (χ3v) is 6.16. The van der Waals surface area contributed by atoms with Crippen molar-refractivity contribution in [3.05, 3.63) is 102 Å². The molecule has 0 radical (unpaired) electrons. The minimum absolute atomic E-state index is 0.174. The van der Waals surface area contributed by atoms with Crippen LogP contribution in [0.15, 0.2) is 91.0 Å². The fourth-order valence-electron chi connectivity index (χ4n) is 4.05. The molecule has 1 fully saturated rings. The summed E-state index contributed by atoms with van der Waals surface area (Å²) in [6, 6.07) is 28.2. The Balaban J connectivity index is 1.44. The topological polar surface area (TPSA) is 85.2 Å². The van der Waals surface area contributed by atoms with Crippen LogP contribution >= 0.6 is 0 Å². The third kappa shape index (κ3) is 5.46. The minimum Gasteiger partial charge on any atom is -0.497 e. The fourth-order valence-corrected chi connectivity index (χ4v) is 4.05. The number of methoxy groups -OCH3 is 1. The highest BCUT2D eigenvalue weighted by Crippen LogP contribution is 2.26. The molecule has 2 N–H and O–H groups in total. The molecular weight excluding hydrogens is 452 g/mol. The van der Waals surface area contributed by atoms with E-state index in [1.807, 2.05) is 84.9 Å². The van der Waals surface area contributed by atoms with Gasteiger partial charge in [-0.25, -0.2) is 4.68 Å². The first kappa shape index (κ1) is 23.4. The van der Waals surface area contributed by atoms with Gasteiger partial charge >= 0.3 is 0 Å². The lowest BCUT2D eigenvalue weighted by Gasteiger charge is -2.18. The Morgan fingerprint density at radius 3 is 2.28 bits per heavy atom. The lowest BCUT2D eigenvalue weighted by Crippen LogP contribution is -2.48. The van der Waals surface area contributed by atoms with Gasteiger partial charge in [-0.3, -0.25) is 9.59 Å². The number of aromatic nitrogens is 2. The molecule has 1 heterocycles. The molecule has 0 saturated heterocycles. The Morgan fingerprint density at radius 1 is 0.972 bits per heavy atom. The number of nitrogens with one attached hydrogen (secondary N) is 2. The summed E-state index contributed by atoms with van der Waals surface area (Å²) >= 11 is 0. The molecule has 1 aliphatic rings. The number of carbonyl (C=O) groups is 2. The van der Waals surface area contributed by atoms with Gasteiger partial charge in [0, 0.05) is 18.0 Å². The van der Waals surface area contributed by atoms with Gasteiger partial charge in [0.15, 0.2) is 5.69 Å². The largest absolute Gasteiger partial charge is 0.497 e. The molecule has 1 aromatic heterocycles. The molecule has 1 aliphatic carbocycles. The van der Waals surface area contributed by atoms with E-state index in [1.54, 1.807) is 17.9 Å². The normalized spacial score (nSPS) is 13.6. The van der Waals surface area contributed by atoms with Crippen LogP contribution in [0.1, 0.15) is 28.9 Å². The van der Waals surface area contributed by atoms with Crippen molar-refractivity contribution in [2.24, 2.45) is 0 Å². The number of hydrogen-bond donors (Lipinski definition) is 2. The number of nitrogens with zero attached hydrogens (tertiary/aromatic N) is 2. The third-order valence-electron chi connectivity index (χ3n) is 6.16. The maximum Gasteiger partial charge on any atom is 0.272 e. The molecule has 0 spiro atoms. The summed E-state index contributed by atoms with van der Waals surface area (Å²) in [6.45, 7) is 0. The Bertz CT molecular complexity index is 1330. The van der Waals surface area contributed by atoms with Gasteiger partial charge in [-0.05, 0) is 60.9 Å². The highest BCUT2D eigenvalue weighted by molar-refractivity contribution is 5.97. The zero-order chi connectivity index (χ0) is 24.9. The number of ether oxygens (including phenoxy) is 1. The molecule has 5 rings (SSSR count). The summed E-state index contributed by atoms with van der Waals surface area (Å²) in [7, 11) is 1.62. The van der Waals surface area contributed by atoms with E-state index < -0.39 is 11.9 Å². The van der Waals surface area contributed by atoms with Gasteiger partial charge in [0.2, 0.25) is 5.91 Å². The van der Waals surface area contributed by atoms with Crippen molar-refractivity contribution >= 4 is 11.8 Å². The van der Waals surface area contributed by atoms with E-state index in [0.29, 0.717) is 6.42 Å². The second-order valence-electron chi connectivity index (χ2n) is 8.89. The van der Waals surface area contributed by atoms with Gasteiger partial charge < -0.3 is 15.4 Å². The number of amides is 2. The van der Waals surface area contributed by atoms with E-state index in [-0.39, 0.29) is 17.6 Å². The number of carbonyl (C=O) groups excluding carboxylic acids is 2. The van der Waals surface area contributed by atoms with Crippen LogP contribution in [-0.4, -0.2) is 40.8 Å². The van der Waals surface area contributed by atoms with Crippen molar-refractivity contribution in [2.45, 2.75) is 31.3 Å². The predicted octanol–water partition coefficient (Wildman–Crippen LogP) is 4.17. The first-order valence-electron chi connectivity index (χ1n) is 12.1. The van der Waals surface area contributed by atoms with Crippen molar-refractivity contribution < 1.29 is 14.3 Å². The Morgan fingerprint density at radius 2 is 1.64 bits per heavy atom. The number of benzene rings is 3. The van der Waals surface area contributed by atoms with E-state index in [0.717, 1.165) is 41.1 Å². The van der Waals surface area contributed by atoms with E-state index in [1.165, 1.54) is 0 Å². The standard InChI is InChI=1S/C29H28N4O3/c1-36-24-16-12-21(13-17-24)27-19-26(32-33(27)23-10-6-3-7-11-23)29(35)31-25(28(34)30-22-14-15-22)18-20-8-4-2-5-9-20/h2-13,16-17,19,22,25H,14-15,18H2,1H3,(H,30,34)(H,31,35). The molecule has 2 amide bonds. The molecule has 1 saturated carbocycles. The fraction of sp³-hybridized carbons (Fsp3) is 0.207. The number of hydrogen-bond acceptors (Lipinski definition) is 4. The summed E-state index contributed by atoms with van der Waals surface area (Å²) < 4.78 is 7.03. The SMILES string of the molecule is COc1ccc(-c2cc(C(=O)NC(Cc3ccccc3)C(=O)NC3CC3)nn2-c2ccccc2)cc1. The van der Waals surface area contributed by atoms with Gasteiger partial charge in [0.1, 0.15) is 11.8 Å². The molecule has 182 valence electrons. The second-order valence-corrected chi connectivity index (χ2v) is 8.89. The number of rotatable bonds is 9. The lowest BCUT2D eigenvalue weighted by molar-refractivity contribution is -0.123. The first-order valence-corrected chi connectivity index (χ1v) is 12.1. The van der Waals surface area contributed by atoms with Crippen molar-refractivity contribution in [3.8, 4) is 22.7 Å². The summed E-state index contributed by atoms with van der Waals surface area (Å²) in [4.78, 5) is 26.4. The summed E-state index contributed by atoms with van der Waals surface area (Å²) in [6.07, 6.45) is 2.35. The van der Waals surface area contributed by atoms with Gasteiger partial charge in [-0.1, -0.05) is 48.5 Å². The Kier molecular flexibility index (Phi) is 6.80. The van der Waals surface area contributed by atoms with E-state index in [2.05, 4.69) is 15.7 Å². The molecule has 1 unspecified atom stereocenters. The van der Waals surface area contributed by atoms with Crippen LogP contribution in [0.25, 0.3) is 16.9 Å². The average Bonchev–Trinajstić information content (AvgIpc) is 3.62. The van der Waals surface area contributed by atoms with Crippen LogP contribution in [-0.2, 0) is 11.2 Å². The highest BCUT2D eigenvalue weighted by atomic mass is 16.5. The molecule has 3 aromatic carbocycles. The molecular formula is C29H28N4O3. The molecule has 7 nitrogen and oxygen atoms in total. The zero-order valence-electron chi connectivity index (χ0n) is 20.1. The van der Waals surface area contributed by atoms with Crippen molar-refractivity contribution in [1.82, 2.24) is 20.4 Å². The minimum atomic E-state index is -0.702. The van der Waals surface area contributed by atoms with Gasteiger partial charge in [-0.2, -0.15) is 5.10 Å². The molecule has 36 heavy (non-hydrogen) atoms. The Hall–Kier alpha value is -4.39. The van der Waals surface area contributed by atoms with Crippen molar-refractivity contribution in [2.75, 3.05) is 7.11 Å². The van der Waals surface area contributed by atoms with Crippen molar-refractivity contribution in [1.29, 1.82) is 0 Å². The van der Waals surface area contributed by atoms with Crippen LogP contribution in [0.4, 0.5) is 0 Å². The average molecular weight is 481 g/mol. The van der Waals surface area contributed by atoms with Gasteiger partial charge in [0.25, 0.3) is 5.91 Å². The summed E-state index contributed by atoms with van der Waals surface area (Å²) in [5.41, 5.74) is 3.69. The number of para-hydroxylation sites is 1. The molecule has 4 aromatic rings. The van der Waals surface area contributed by atoms with Crippen LogP contribution in [0, 0.1) is 0 Å². The predicted molar refractivity (Wildman–Crippen MR) is 138 cm³/mol. The van der Waals surface area contributed by atoms with Gasteiger partial charge in [-0.15, -0.1) is 0 Å². The molecule has 0 bridgehead atoms. The van der Waals surface area contributed by atoms with E-state index in [9.17, 15) is 9.59 Å². The highest BCUT2D eigenvalue weighted by Gasteiger charge is 2.29. The maximum absolute atomic E-state index is 13.4. The second kappa shape index (κ2) is 10.5. The summed E-state index contributed by atoms with van der Waals surface area (Å²) in [5.74, 6) is 0.173. The zero-order valence-corrected chi connectivity index (χ0v) is 20.1. The van der Waals surface area contributed by atoms with Crippen LogP contribution < -0.4 is 15.4 Å². The monoisotopic (exact) mass is 480 g/mol. The van der Waals surface area contributed by atoms with Gasteiger partial charge in [0.05, 0.1) is 18.5 Å². The molecule has 7 heteroatoms. The quantitative estimate of drug-likeness (QED) is 0.377. The summed E-state index contributed by atoms with van der Waals surface area (Å²) in [5, 5.41) is 10.6. The van der Waals surface area contributed by atoms with Crippen molar-refractivity contribution in [3.63, 3.8) is 0 Å². The van der Waals surface area contributed by atoms with Crippen LogP contribution in [0.5, 0.6) is 5.75 Å². The Labute approximate surface area is 210 Å². The van der Waals surface area contributed by atoms with Crippen LogP contribution in [0.3, 0.4) is 0 Å². The molecule has 1 atom stereocenters. The smallest absolute Gasteiger partial charge is 0.272 e. The van der Waals surface area contributed by atoms with Crippen LogP contribution in [0.2, 0.25) is 0 Å². The maximum atomic E-state index is 13.4.